The summed E-state index contributed by atoms with van der Waals surface area (Å²) in [7, 11) is 0. The van der Waals surface area contributed by atoms with Crippen molar-refractivity contribution in [3.8, 4) is 0 Å². The number of aromatic nitrogens is 3. The highest BCUT2D eigenvalue weighted by atomic mass is 32.2. The fourth-order valence-corrected chi connectivity index (χ4v) is 1.99. The third-order valence-corrected chi connectivity index (χ3v) is 3.09. The number of hydrogen-bond donors (Lipinski definition) is 2. The highest BCUT2D eigenvalue weighted by molar-refractivity contribution is 8.00. The summed E-state index contributed by atoms with van der Waals surface area (Å²) >= 11 is 1.18. The number of carboxylic acids is 1. The van der Waals surface area contributed by atoms with E-state index in [9.17, 15) is 9.59 Å². The molecule has 0 saturated heterocycles. The van der Waals surface area contributed by atoms with Crippen LogP contribution in [0.3, 0.4) is 0 Å². The minimum absolute atomic E-state index is 0.0362. The van der Waals surface area contributed by atoms with E-state index in [1.54, 1.807) is 13.0 Å². The molecule has 2 aromatic heterocycles. The van der Waals surface area contributed by atoms with Gasteiger partial charge >= 0.3 is 12.0 Å². The van der Waals surface area contributed by atoms with Crippen LogP contribution >= 0.6 is 11.8 Å². The van der Waals surface area contributed by atoms with Crippen LogP contribution in [0.1, 0.15) is 16.4 Å². The fourth-order valence-electron chi connectivity index (χ4n) is 1.27. The zero-order valence-corrected chi connectivity index (χ0v) is 11.2. The van der Waals surface area contributed by atoms with E-state index in [-0.39, 0.29) is 23.4 Å². The molecule has 8 nitrogen and oxygen atoms in total. The van der Waals surface area contributed by atoms with Crippen molar-refractivity contribution in [2.45, 2.75) is 11.8 Å². The molecule has 0 atom stereocenters. The molecule has 9 heteroatoms. The summed E-state index contributed by atoms with van der Waals surface area (Å²) in [6, 6.07) is 3.06. The standard InChI is InChI=1S/C11H10N4O4S/c1-6-14-15-11(19-6)13-9(16)5-20-7-2-3-12-8(4-7)10(17)18/h2-4H,5H2,1H3,(H,17,18)(H,13,15,16). The van der Waals surface area contributed by atoms with Gasteiger partial charge in [-0.3, -0.25) is 10.1 Å². The predicted octanol–water partition coefficient (Wildman–Crippen LogP) is 1.20. The summed E-state index contributed by atoms with van der Waals surface area (Å²) in [5, 5.41) is 18.5. The number of thioether (sulfide) groups is 1. The molecule has 0 aliphatic heterocycles. The van der Waals surface area contributed by atoms with Gasteiger partial charge in [-0.2, -0.15) is 0 Å². The van der Waals surface area contributed by atoms with Crippen LogP contribution in [0.5, 0.6) is 0 Å². The van der Waals surface area contributed by atoms with E-state index < -0.39 is 5.97 Å². The van der Waals surface area contributed by atoms with E-state index >= 15 is 0 Å². The first-order valence-corrected chi connectivity index (χ1v) is 6.45. The molecule has 104 valence electrons. The van der Waals surface area contributed by atoms with Crippen LogP contribution in [0.2, 0.25) is 0 Å². The zero-order valence-electron chi connectivity index (χ0n) is 10.4. The lowest BCUT2D eigenvalue weighted by Gasteiger charge is -2.02. The number of aromatic carboxylic acids is 1. The normalized spacial score (nSPS) is 10.2. The topological polar surface area (TPSA) is 118 Å². The van der Waals surface area contributed by atoms with E-state index in [0.29, 0.717) is 10.8 Å². The van der Waals surface area contributed by atoms with E-state index in [1.165, 1.54) is 24.0 Å². The van der Waals surface area contributed by atoms with Crippen LogP contribution in [0.15, 0.2) is 27.6 Å². The number of nitrogens with zero attached hydrogens (tertiary/aromatic N) is 3. The number of aryl methyl sites for hydroxylation is 1. The summed E-state index contributed by atoms with van der Waals surface area (Å²) in [6.45, 7) is 1.61. The Morgan fingerprint density at radius 3 is 2.90 bits per heavy atom. The van der Waals surface area contributed by atoms with Crippen molar-refractivity contribution in [1.29, 1.82) is 0 Å². The lowest BCUT2D eigenvalue weighted by atomic mass is 10.3. The lowest BCUT2D eigenvalue weighted by molar-refractivity contribution is -0.113. The number of hydrogen-bond acceptors (Lipinski definition) is 7. The number of anilines is 1. The van der Waals surface area contributed by atoms with E-state index in [2.05, 4.69) is 20.5 Å². The van der Waals surface area contributed by atoms with Crippen LogP contribution in [-0.2, 0) is 4.79 Å². The number of carbonyl (C=O) groups is 2. The average molecular weight is 294 g/mol. The number of pyridine rings is 1. The molecule has 0 radical (unpaired) electrons. The summed E-state index contributed by atoms with van der Waals surface area (Å²) in [5.41, 5.74) is -0.0667. The zero-order chi connectivity index (χ0) is 14.5. The molecule has 0 bridgehead atoms. The van der Waals surface area contributed by atoms with Crippen LogP contribution in [-0.4, -0.2) is 37.9 Å². The molecule has 2 N–H and O–H groups in total. The number of nitrogens with one attached hydrogen (secondary N) is 1. The first kappa shape index (κ1) is 14.0. The molecule has 0 aromatic carbocycles. The van der Waals surface area contributed by atoms with Crippen molar-refractivity contribution < 1.29 is 19.1 Å². The molecule has 20 heavy (non-hydrogen) atoms. The molecule has 0 fully saturated rings. The first-order valence-electron chi connectivity index (χ1n) is 5.46. The van der Waals surface area contributed by atoms with Gasteiger partial charge in [-0.25, -0.2) is 9.78 Å². The molecule has 0 spiro atoms. The molecule has 2 aromatic rings. The van der Waals surface area contributed by atoms with Gasteiger partial charge in [0.25, 0.3) is 0 Å². The maximum atomic E-state index is 11.6. The van der Waals surface area contributed by atoms with Gasteiger partial charge < -0.3 is 9.52 Å². The second-order valence-corrected chi connectivity index (χ2v) is 4.69. The summed E-state index contributed by atoms with van der Waals surface area (Å²) < 4.78 is 5.01. The highest BCUT2D eigenvalue weighted by Gasteiger charge is 2.10. The lowest BCUT2D eigenvalue weighted by Crippen LogP contribution is -2.14. The van der Waals surface area contributed by atoms with Crippen molar-refractivity contribution in [3.05, 3.63) is 29.9 Å². The second-order valence-electron chi connectivity index (χ2n) is 3.65. The van der Waals surface area contributed by atoms with Crippen molar-refractivity contribution in [3.63, 3.8) is 0 Å². The minimum Gasteiger partial charge on any atom is -0.477 e. The SMILES string of the molecule is Cc1nnc(NC(=O)CSc2ccnc(C(=O)O)c2)o1. The summed E-state index contributed by atoms with van der Waals surface area (Å²) in [6.07, 6.45) is 1.38. The van der Waals surface area contributed by atoms with E-state index in [1.807, 2.05) is 0 Å². The molecule has 0 aliphatic carbocycles. The molecule has 2 rings (SSSR count). The van der Waals surface area contributed by atoms with Gasteiger partial charge in [0.1, 0.15) is 5.69 Å². The van der Waals surface area contributed by atoms with Crippen molar-refractivity contribution in [2.24, 2.45) is 0 Å². The second kappa shape index (κ2) is 6.15. The van der Waals surface area contributed by atoms with Gasteiger partial charge in [-0.1, -0.05) is 5.10 Å². The summed E-state index contributed by atoms with van der Waals surface area (Å²) in [4.78, 5) is 26.7. The number of amides is 1. The third-order valence-electron chi connectivity index (χ3n) is 2.09. The van der Waals surface area contributed by atoms with Gasteiger partial charge in [0.15, 0.2) is 0 Å². The Kier molecular flexibility index (Phi) is 4.31. The number of carbonyl (C=O) groups excluding carboxylic acids is 1. The molecule has 2 heterocycles. The average Bonchev–Trinajstić information content (AvgIpc) is 2.82. The minimum atomic E-state index is -1.11. The maximum Gasteiger partial charge on any atom is 0.354 e. The highest BCUT2D eigenvalue weighted by Crippen LogP contribution is 2.18. The fraction of sp³-hybridized carbons (Fsp3) is 0.182. The Hall–Kier alpha value is -2.42. The molecule has 1 amide bonds. The van der Waals surface area contributed by atoms with E-state index in [0.717, 1.165) is 0 Å². The maximum absolute atomic E-state index is 11.6. The third kappa shape index (κ3) is 3.79. The van der Waals surface area contributed by atoms with Crippen molar-refractivity contribution in [1.82, 2.24) is 15.2 Å². The van der Waals surface area contributed by atoms with Crippen LogP contribution in [0, 0.1) is 6.92 Å². The number of carboxylic acid groups (broad SMARTS) is 1. The van der Waals surface area contributed by atoms with Gasteiger partial charge in [0.05, 0.1) is 5.75 Å². The van der Waals surface area contributed by atoms with Crippen LogP contribution in [0.4, 0.5) is 6.01 Å². The Morgan fingerprint density at radius 2 is 2.25 bits per heavy atom. The van der Waals surface area contributed by atoms with Crippen molar-refractivity contribution >= 4 is 29.7 Å². The van der Waals surface area contributed by atoms with Gasteiger partial charge in [0.2, 0.25) is 11.8 Å². The number of rotatable bonds is 5. The molecule has 0 saturated carbocycles. The Labute approximate surface area is 117 Å². The largest absolute Gasteiger partial charge is 0.477 e. The van der Waals surface area contributed by atoms with Crippen LogP contribution < -0.4 is 5.32 Å². The van der Waals surface area contributed by atoms with E-state index in [4.69, 9.17) is 9.52 Å². The Morgan fingerprint density at radius 1 is 1.45 bits per heavy atom. The predicted molar refractivity (Wildman–Crippen MR) is 69.6 cm³/mol. The Balaban J connectivity index is 1.90. The van der Waals surface area contributed by atoms with Gasteiger partial charge in [-0.15, -0.1) is 16.9 Å². The molecule has 0 unspecified atom stereocenters. The monoisotopic (exact) mass is 294 g/mol. The smallest absolute Gasteiger partial charge is 0.354 e. The van der Waals surface area contributed by atoms with Gasteiger partial charge in [-0.05, 0) is 12.1 Å². The first-order chi connectivity index (χ1) is 9.54. The summed E-state index contributed by atoms with van der Waals surface area (Å²) in [5.74, 6) is -0.997. The molecular formula is C11H10N4O4S. The molecular weight excluding hydrogens is 284 g/mol. The van der Waals surface area contributed by atoms with Gasteiger partial charge in [0, 0.05) is 18.0 Å². The molecule has 0 aliphatic rings. The van der Waals surface area contributed by atoms with Crippen LogP contribution in [0.25, 0.3) is 0 Å². The van der Waals surface area contributed by atoms with Crippen molar-refractivity contribution in [2.75, 3.05) is 11.1 Å². The Bertz CT molecular complexity index is 643. The quantitative estimate of drug-likeness (QED) is 0.790.